The lowest BCUT2D eigenvalue weighted by Gasteiger charge is -2.22. The molecular weight excluding hydrogens is 296 g/mol. The van der Waals surface area contributed by atoms with E-state index < -0.39 is 12.1 Å². The van der Waals surface area contributed by atoms with E-state index in [9.17, 15) is 9.59 Å². The van der Waals surface area contributed by atoms with Crippen molar-refractivity contribution in [1.82, 2.24) is 0 Å². The largest absolute Gasteiger partial charge is 0.486 e. The molecule has 1 fully saturated rings. The van der Waals surface area contributed by atoms with Crippen LogP contribution in [0.1, 0.15) is 36.0 Å². The van der Waals surface area contributed by atoms with Crippen LogP contribution in [-0.2, 0) is 9.53 Å². The molecule has 1 aliphatic carbocycles. The number of ketones is 1. The summed E-state index contributed by atoms with van der Waals surface area (Å²) < 4.78 is 16.1. The van der Waals surface area contributed by atoms with E-state index in [0.717, 1.165) is 12.8 Å². The Kier molecular flexibility index (Phi) is 4.01. The second-order valence-corrected chi connectivity index (χ2v) is 5.50. The molecule has 5 nitrogen and oxygen atoms in total. The van der Waals surface area contributed by atoms with Gasteiger partial charge in [-0.15, -0.1) is 0 Å². The van der Waals surface area contributed by atoms with Crippen LogP contribution in [0.3, 0.4) is 0 Å². The molecule has 1 atom stereocenters. The third-order valence-corrected chi connectivity index (χ3v) is 3.86. The molecule has 21 heavy (non-hydrogen) atoms. The Morgan fingerprint density at radius 3 is 2.86 bits per heavy atom. The number of carbonyl (C=O) groups excluding carboxylic acids is 2. The van der Waals surface area contributed by atoms with E-state index in [1.165, 1.54) is 12.1 Å². The lowest BCUT2D eigenvalue weighted by molar-refractivity contribution is -0.129. The maximum Gasteiger partial charge on any atom is 0.339 e. The first kappa shape index (κ1) is 14.2. The summed E-state index contributed by atoms with van der Waals surface area (Å²) in [6, 6.07) is 3.01. The van der Waals surface area contributed by atoms with E-state index in [1.807, 2.05) is 0 Å². The first-order chi connectivity index (χ1) is 10.1. The fraction of sp³-hybridized carbons (Fsp3) is 0.467. The molecule has 0 saturated heterocycles. The van der Waals surface area contributed by atoms with E-state index in [-0.39, 0.29) is 11.3 Å². The van der Waals surface area contributed by atoms with Crippen molar-refractivity contribution >= 4 is 23.4 Å². The third-order valence-electron chi connectivity index (χ3n) is 3.58. The Morgan fingerprint density at radius 2 is 2.05 bits per heavy atom. The normalized spacial score (nSPS) is 21.0. The Morgan fingerprint density at radius 1 is 1.24 bits per heavy atom. The number of Topliss-reactive ketones (excluding diaryl/α,β-unsaturated/α-hetero) is 1. The first-order valence-electron chi connectivity index (χ1n) is 6.98. The predicted molar refractivity (Wildman–Crippen MR) is 75.1 cm³/mol. The van der Waals surface area contributed by atoms with E-state index in [0.29, 0.717) is 42.6 Å². The fourth-order valence-corrected chi connectivity index (χ4v) is 2.77. The number of esters is 1. The monoisotopic (exact) mass is 310 g/mol. The lowest BCUT2D eigenvalue weighted by Crippen LogP contribution is -2.30. The molecule has 0 amide bonds. The molecule has 6 heteroatoms. The van der Waals surface area contributed by atoms with Crippen molar-refractivity contribution < 1.29 is 23.8 Å². The molecular formula is C15H15ClO5. The van der Waals surface area contributed by atoms with Gasteiger partial charge in [0.25, 0.3) is 0 Å². The Hall–Kier alpha value is -1.75. The summed E-state index contributed by atoms with van der Waals surface area (Å²) >= 11 is 6.08. The van der Waals surface area contributed by atoms with Crippen molar-refractivity contribution in [2.24, 2.45) is 0 Å². The molecule has 1 aromatic rings. The molecule has 1 aliphatic heterocycles. The number of halogens is 1. The molecule has 0 spiro atoms. The quantitative estimate of drug-likeness (QED) is 0.786. The lowest BCUT2D eigenvalue weighted by atomic mass is 9.96. The Balaban J connectivity index is 1.78. The van der Waals surface area contributed by atoms with Gasteiger partial charge in [-0.1, -0.05) is 11.6 Å². The van der Waals surface area contributed by atoms with E-state index in [2.05, 4.69) is 0 Å². The van der Waals surface area contributed by atoms with Gasteiger partial charge in [-0.3, -0.25) is 4.79 Å². The number of benzene rings is 1. The van der Waals surface area contributed by atoms with Crippen LogP contribution in [-0.4, -0.2) is 31.1 Å². The highest BCUT2D eigenvalue weighted by Crippen LogP contribution is 2.38. The maximum atomic E-state index is 12.2. The number of rotatable bonds is 2. The number of carbonyl (C=O) groups is 2. The van der Waals surface area contributed by atoms with Gasteiger partial charge in [0, 0.05) is 6.42 Å². The predicted octanol–water partition coefficient (Wildman–Crippen LogP) is 2.78. The summed E-state index contributed by atoms with van der Waals surface area (Å²) in [6.45, 7) is 0.829. The summed E-state index contributed by atoms with van der Waals surface area (Å²) in [4.78, 5) is 23.9. The van der Waals surface area contributed by atoms with Crippen LogP contribution in [0.25, 0.3) is 0 Å². The molecule has 0 N–H and O–H groups in total. The SMILES string of the molecule is O=C(O[C@@H]1CCCCC1=O)c1cc(Cl)c2c(c1)OCCO2. The van der Waals surface area contributed by atoms with Gasteiger partial charge in [0.15, 0.2) is 23.4 Å². The number of hydrogen-bond donors (Lipinski definition) is 0. The van der Waals surface area contributed by atoms with Crippen molar-refractivity contribution in [3.8, 4) is 11.5 Å². The first-order valence-corrected chi connectivity index (χ1v) is 7.36. The molecule has 1 saturated carbocycles. The zero-order valence-electron chi connectivity index (χ0n) is 11.4. The zero-order chi connectivity index (χ0) is 14.8. The maximum absolute atomic E-state index is 12.2. The summed E-state index contributed by atoms with van der Waals surface area (Å²) in [6.07, 6.45) is 2.18. The summed E-state index contributed by atoms with van der Waals surface area (Å²) in [5.41, 5.74) is 0.266. The van der Waals surface area contributed by atoms with Gasteiger partial charge in [-0.25, -0.2) is 4.79 Å². The van der Waals surface area contributed by atoms with E-state index in [4.69, 9.17) is 25.8 Å². The molecule has 2 aliphatic rings. The van der Waals surface area contributed by atoms with Gasteiger partial charge in [0.1, 0.15) is 13.2 Å². The summed E-state index contributed by atoms with van der Waals surface area (Å²) in [5, 5.41) is 0.300. The average Bonchev–Trinajstić information content (AvgIpc) is 2.49. The van der Waals surface area contributed by atoms with Crippen molar-refractivity contribution in [2.45, 2.75) is 31.8 Å². The third kappa shape index (κ3) is 2.97. The van der Waals surface area contributed by atoms with Crippen LogP contribution in [0.2, 0.25) is 5.02 Å². The van der Waals surface area contributed by atoms with Crippen molar-refractivity contribution in [1.29, 1.82) is 0 Å². The van der Waals surface area contributed by atoms with Crippen LogP contribution in [0.15, 0.2) is 12.1 Å². The minimum atomic E-state index is -0.641. The van der Waals surface area contributed by atoms with Crippen molar-refractivity contribution in [3.05, 3.63) is 22.7 Å². The molecule has 0 aromatic heterocycles. The van der Waals surface area contributed by atoms with E-state index >= 15 is 0 Å². The van der Waals surface area contributed by atoms with Crippen LogP contribution in [0.4, 0.5) is 0 Å². The molecule has 0 bridgehead atoms. The Bertz CT molecular complexity index is 584. The van der Waals surface area contributed by atoms with Crippen molar-refractivity contribution in [2.75, 3.05) is 13.2 Å². The molecule has 1 aromatic carbocycles. The van der Waals surface area contributed by atoms with E-state index in [1.54, 1.807) is 0 Å². The minimum Gasteiger partial charge on any atom is -0.486 e. The average molecular weight is 311 g/mol. The highest BCUT2D eigenvalue weighted by Gasteiger charge is 2.27. The number of fused-ring (bicyclic) bond motifs is 1. The van der Waals surface area contributed by atoms with Gasteiger partial charge in [0.05, 0.1) is 10.6 Å². The van der Waals surface area contributed by atoms with Crippen LogP contribution in [0.5, 0.6) is 11.5 Å². The molecule has 0 unspecified atom stereocenters. The van der Waals surface area contributed by atoms with Gasteiger partial charge in [-0.05, 0) is 31.4 Å². The molecule has 3 rings (SSSR count). The van der Waals surface area contributed by atoms with Gasteiger partial charge >= 0.3 is 5.97 Å². The fourth-order valence-electron chi connectivity index (χ4n) is 2.50. The number of ether oxygens (including phenoxy) is 3. The summed E-state index contributed by atoms with van der Waals surface area (Å²) in [5.74, 6) is 0.288. The topological polar surface area (TPSA) is 61.8 Å². The van der Waals surface area contributed by atoms with Gasteiger partial charge < -0.3 is 14.2 Å². The van der Waals surface area contributed by atoms with Crippen LogP contribution in [0, 0.1) is 0 Å². The second kappa shape index (κ2) is 5.93. The van der Waals surface area contributed by atoms with Gasteiger partial charge in [0.2, 0.25) is 0 Å². The van der Waals surface area contributed by atoms with Crippen LogP contribution >= 0.6 is 11.6 Å². The van der Waals surface area contributed by atoms with Crippen molar-refractivity contribution in [3.63, 3.8) is 0 Å². The minimum absolute atomic E-state index is 0.0155. The van der Waals surface area contributed by atoms with Gasteiger partial charge in [-0.2, -0.15) is 0 Å². The molecule has 1 heterocycles. The second-order valence-electron chi connectivity index (χ2n) is 5.09. The van der Waals surface area contributed by atoms with Crippen LogP contribution < -0.4 is 9.47 Å². The standard InChI is InChI=1S/C15H15ClO5/c16-10-7-9(8-13-14(10)20-6-5-19-13)15(18)21-12-4-2-1-3-11(12)17/h7-8,12H,1-6H2/t12-/m1/s1. The Labute approximate surface area is 127 Å². The highest BCUT2D eigenvalue weighted by molar-refractivity contribution is 6.32. The molecule has 0 radical (unpaired) electrons. The molecule has 112 valence electrons. The smallest absolute Gasteiger partial charge is 0.339 e. The zero-order valence-corrected chi connectivity index (χ0v) is 12.1. The number of hydrogen-bond acceptors (Lipinski definition) is 5. The summed E-state index contributed by atoms with van der Waals surface area (Å²) in [7, 11) is 0. The highest BCUT2D eigenvalue weighted by atomic mass is 35.5.